The molecule has 0 radical (unpaired) electrons. The second-order valence-corrected chi connectivity index (χ2v) is 19.2. The van der Waals surface area contributed by atoms with Crippen LogP contribution in [-0.2, 0) is 43.2 Å². The van der Waals surface area contributed by atoms with Gasteiger partial charge in [-0.3, -0.25) is 0 Å². The third-order valence-electron chi connectivity index (χ3n) is 10.4. The van der Waals surface area contributed by atoms with Crippen LogP contribution in [0.4, 0.5) is 0 Å². The number of benzene rings is 2. The molecule has 2 aromatic heterocycles. The van der Waals surface area contributed by atoms with Crippen molar-refractivity contribution in [3.63, 3.8) is 0 Å². The molecule has 3 nitrogen and oxygen atoms in total. The number of unbranched alkanes of at least 4 members (excludes halogenated alkanes) is 4. The fourth-order valence-electron chi connectivity index (χ4n) is 7.43. The van der Waals surface area contributed by atoms with Gasteiger partial charge in [0, 0.05) is 0 Å². The second kappa shape index (κ2) is 23.0. The summed E-state index contributed by atoms with van der Waals surface area (Å²) in [4.78, 5) is 4.88. The number of rotatable bonds is 23. The quantitative estimate of drug-likeness (QED) is 0.0539. The van der Waals surface area contributed by atoms with Crippen LogP contribution in [0.3, 0.4) is 0 Å². The van der Waals surface area contributed by atoms with Gasteiger partial charge in [-0.25, -0.2) is 0 Å². The summed E-state index contributed by atoms with van der Waals surface area (Å²) in [6, 6.07) is 18.2. The van der Waals surface area contributed by atoms with Crippen molar-refractivity contribution in [2.24, 2.45) is 23.7 Å². The predicted octanol–water partition coefficient (Wildman–Crippen LogP) is 13.7. The van der Waals surface area contributed by atoms with Crippen molar-refractivity contribution in [2.45, 2.75) is 158 Å². The number of aromatic nitrogens is 3. The Morgan fingerprint density at radius 3 is 1.19 bits per heavy atom. The molecule has 0 spiro atoms. The van der Waals surface area contributed by atoms with Crippen LogP contribution >= 0.6 is 11.6 Å². The molecule has 0 bridgehead atoms. The number of nitrogens with zero attached hydrogens (tertiary/aromatic N) is 3. The van der Waals surface area contributed by atoms with Crippen LogP contribution < -0.4 is 4.17 Å². The summed E-state index contributed by atoms with van der Waals surface area (Å²) in [5, 5.41) is 0.757. The van der Waals surface area contributed by atoms with Gasteiger partial charge in [-0.15, -0.1) is 0 Å². The molecule has 0 aliphatic rings. The molecular weight excluding hydrogens is 760 g/mol. The summed E-state index contributed by atoms with van der Waals surface area (Å²) in [6.45, 7) is 18.8. The maximum absolute atomic E-state index is 6.93. The first-order valence-electron chi connectivity index (χ1n) is 21.1. The summed E-state index contributed by atoms with van der Waals surface area (Å²) in [5.41, 5.74) is 8.67. The molecule has 0 aliphatic carbocycles. The van der Waals surface area contributed by atoms with Gasteiger partial charge in [0.25, 0.3) is 0 Å². The van der Waals surface area contributed by atoms with E-state index in [1.807, 2.05) is 18.3 Å². The third-order valence-corrected chi connectivity index (χ3v) is 13.0. The van der Waals surface area contributed by atoms with Gasteiger partial charge in [0.2, 0.25) is 0 Å². The number of hydrogen-bond donors (Lipinski definition) is 0. The fourth-order valence-corrected chi connectivity index (χ4v) is 9.54. The van der Waals surface area contributed by atoms with Gasteiger partial charge in [0.1, 0.15) is 0 Å². The molecule has 295 valence electrons. The number of imidazole rings is 1. The average Bonchev–Trinajstić information content (AvgIpc) is 3.51. The van der Waals surface area contributed by atoms with Gasteiger partial charge >= 0.3 is 339 Å². The molecule has 2 heterocycles. The first-order valence-corrected chi connectivity index (χ1v) is 23.0. The van der Waals surface area contributed by atoms with E-state index in [1.165, 1.54) is 115 Å². The summed E-state index contributed by atoms with van der Waals surface area (Å²) in [5.74, 6) is 2.97. The Morgan fingerprint density at radius 1 is 0.509 bits per heavy atom. The zero-order valence-corrected chi connectivity index (χ0v) is 36.8. The van der Waals surface area contributed by atoms with Crippen molar-refractivity contribution < 1.29 is 17.5 Å². The van der Waals surface area contributed by atoms with E-state index in [0.29, 0.717) is 0 Å². The van der Waals surface area contributed by atoms with Gasteiger partial charge in [-0.2, -0.15) is 0 Å². The van der Waals surface area contributed by atoms with E-state index in [4.69, 9.17) is 16.6 Å². The van der Waals surface area contributed by atoms with Crippen LogP contribution in [0.1, 0.15) is 155 Å². The molecule has 4 aromatic rings. The van der Waals surface area contributed by atoms with Gasteiger partial charge in [0.05, 0.1) is 0 Å². The molecule has 0 aliphatic heterocycles. The van der Waals surface area contributed by atoms with Gasteiger partial charge < -0.3 is 0 Å². The average molecular weight is 832 g/mol. The Balaban J connectivity index is 1.93. The zero-order chi connectivity index (χ0) is 38.2. The second-order valence-electron chi connectivity index (χ2n) is 17.0. The van der Waals surface area contributed by atoms with Crippen molar-refractivity contribution in [3.8, 4) is 11.4 Å². The number of aryl methyl sites for hydroxylation is 4. The minimum absolute atomic E-state index is 0.0334. The molecule has 53 heavy (non-hydrogen) atoms. The summed E-state index contributed by atoms with van der Waals surface area (Å²) in [7, 11) is 0. The van der Waals surface area contributed by atoms with E-state index in [1.54, 1.807) is 0 Å². The molecule has 0 N–H and O–H groups in total. The van der Waals surface area contributed by atoms with Crippen LogP contribution in [0, 0.1) is 27.6 Å². The molecular formula is C48H71ClN3Pd. The van der Waals surface area contributed by atoms with Gasteiger partial charge in [-0.1, -0.05) is 0 Å². The fraction of sp³-hybridized carbons (Fsp3) is 0.583. The monoisotopic (exact) mass is 830 g/mol. The van der Waals surface area contributed by atoms with Gasteiger partial charge in [-0.05, 0) is 0 Å². The van der Waals surface area contributed by atoms with Crippen LogP contribution in [0.15, 0.2) is 67.1 Å². The molecule has 0 saturated heterocycles. The molecule has 2 aromatic carbocycles. The third kappa shape index (κ3) is 14.1. The first-order chi connectivity index (χ1) is 25.5. The SMILES string of the molecule is CC(C)CCCCc1cccc(CCCCC(C)C)c1-n1ccn(-c2c(CCCCC(C)C)cccc2CCCCC(C)C)[c]1=[Pd][c]1ncccc1Cl. The van der Waals surface area contributed by atoms with Crippen molar-refractivity contribution in [1.29, 1.82) is 0 Å². The van der Waals surface area contributed by atoms with E-state index in [9.17, 15) is 0 Å². The van der Waals surface area contributed by atoms with Crippen LogP contribution in [0.25, 0.3) is 11.4 Å². The van der Waals surface area contributed by atoms with Crippen molar-refractivity contribution in [1.82, 2.24) is 14.1 Å². The predicted molar refractivity (Wildman–Crippen MR) is 227 cm³/mol. The molecule has 4 rings (SSSR count). The summed E-state index contributed by atoms with van der Waals surface area (Å²) >= 11 is 6.97. The number of para-hydroxylation sites is 2. The molecule has 5 heteroatoms. The Bertz CT molecular complexity index is 1560. The molecule has 0 saturated carbocycles. The Labute approximate surface area is 337 Å². The molecule has 0 unspecified atom stereocenters. The van der Waals surface area contributed by atoms with Crippen LogP contribution in [0.2, 0.25) is 5.02 Å². The van der Waals surface area contributed by atoms with E-state index >= 15 is 0 Å². The van der Waals surface area contributed by atoms with Crippen molar-refractivity contribution in [2.75, 3.05) is 0 Å². The minimum atomic E-state index is 0.0334. The van der Waals surface area contributed by atoms with E-state index < -0.39 is 0 Å². The van der Waals surface area contributed by atoms with Crippen molar-refractivity contribution >= 4 is 15.8 Å². The number of hydrogen-bond acceptors (Lipinski definition) is 1. The Hall–Kier alpha value is -2.25. The number of halogens is 1. The van der Waals surface area contributed by atoms with Crippen LogP contribution in [0.5, 0.6) is 0 Å². The normalized spacial score (nSPS) is 12.0. The Kier molecular flexibility index (Phi) is 18.8. The van der Waals surface area contributed by atoms with Crippen LogP contribution in [-0.4, -0.2) is 14.1 Å². The zero-order valence-electron chi connectivity index (χ0n) is 34.5. The summed E-state index contributed by atoms with van der Waals surface area (Å²) in [6.07, 6.45) is 26.1. The molecule has 0 amide bonds. The van der Waals surface area contributed by atoms with Gasteiger partial charge in [0.15, 0.2) is 0 Å². The maximum atomic E-state index is 6.93. The van der Waals surface area contributed by atoms with Crippen molar-refractivity contribution in [3.05, 3.63) is 98.3 Å². The van der Waals surface area contributed by atoms with E-state index in [2.05, 4.69) is 113 Å². The Morgan fingerprint density at radius 2 is 0.868 bits per heavy atom. The topological polar surface area (TPSA) is 22.8 Å². The molecule has 0 atom stereocenters. The summed E-state index contributed by atoms with van der Waals surface area (Å²) < 4.78 is 7.40. The van der Waals surface area contributed by atoms with E-state index in [-0.39, 0.29) is 17.5 Å². The van der Waals surface area contributed by atoms with E-state index in [0.717, 1.165) is 58.5 Å². The molecule has 0 fully saturated rings. The first kappa shape index (κ1) is 43.5. The number of pyridine rings is 1. The standard InChI is InChI=1S/C43H68N2.C5H3ClN.Pd/c1-34(2)19-9-13-23-38-27-17-28-39(24-14-10-20-35(3)4)42(38)44-31-32-45(33-44)43-40(25-15-11-21-36(5)6)29-18-30-41(43)26-16-12-22-37(7)8;6-5-2-1-3-7-4-5;/h17-18,27-32,34-37H,9-16,19-26H2,1-8H3;1-3H;.